The van der Waals surface area contributed by atoms with Gasteiger partial charge >= 0.3 is 0 Å². The first-order valence-corrected chi connectivity index (χ1v) is 7.76. The molecule has 16 heavy (non-hydrogen) atoms. The van der Waals surface area contributed by atoms with Crippen LogP contribution in [0.15, 0.2) is 0 Å². The number of rotatable bonds is 5. The van der Waals surface area contributed by atoms with Crippen molar-refractivity contribution in [2.75, 3.05) is 32.1 Å². The maximum Gasteiger partial charge on any atom is 0.282 e. The van der Waals surface area contributed by atoms with Crippen LogP contribution in [0.3, 0.4) is 0 Å². The van der Waals surface area contributed by atoms with Gasteiger partial charge in [0, 0.05) is 32.1 Å². The van der Waals surface area contributed by atoms with Gasteiger partial charge in [-0.05, 0) is 18.8 Å². The molecular weight excluding hydrogens is 248 g/mol. The fourth-order valence-corrected chi connectivity index (χ4v) is 4.13. The van der Waals surface area contributed by atoms with Crippen LogP contribution in [0.2, 0.25) is 0 Å². The van der Waals surface area contributed by atoms with Crippen molar-refractivity contribution in [2.45, 2.75) is 26.7 Å². The Balaban J connectivity index is 2.74. The fourth-order valence-electron chi connectivity index (χ4n) is 2.05. The summed E-state index contributed by atoms with van der Waals surface area (Å²) in [6.07, 6.45) is 2.08. The molecule has 0 aliphatic carbocycles. The topological polar surface area (TPSA) is 40.6 Å². The lowest BCUT2D eigenvalue weighted by Crippen LogP contribution is -2.48. The molecule has 1 heterocycles. The number of piperidine rings is 1. The van der Waals surface area contributed by atoms with Crippen molar-refractivity contribution in [3.05, 3.63) is 0 Å². The molecule has 1 aliphatic rings. The first-order valence-electron chi connectivity index (χ1n) is 5.83. The summed E-state index contributed by atoms with van der Waals surface area (Å²) in [5.41, 5.74) is 0. The van der Waals surface area contributed by atoms with Gasteiger partial charge in [-0.2, -0.15) is 17.0 Å². The van der Waals surface area contributed by atoms with Gasteiger partial charge in [0.1, 0.15) is 0 Å². The highest BCUT2D eigenvalue weighted by Crippen LogP contribution is 2.20. The van der Waals surface area contributed by atoms with Gasteiger partial charge < -0.3 is 0 Å². The molecule has 1 atom stereocenters. The molecule has 96 valence electrons. The van der Waals surface area contributed by atoms with Crippen molar-refractivity contribution < 1.29 is 8.42 Å². The molecule has 0 bridgehead atoms. The second-order valence-corrected chi connectivity index (χ2v) is 6.60. The standard InChI is InChI=1S/C10H21ClN2O2S/c1-3-12(8-6-11)16(14,15)13-7-4-5-10(2)9-13/h10H,3-9H2,1-2H3. The minimum Gasteiger partial charge on any atom is -0.195 e. The lowest BCUT2D eigenvalue weighted by molar-refractivity contribution is 0.261. The molecule has 1 aliphatic heterocycles. The second kappa shape index (κ2) is 6.19. The Bertz CT molecular complexity index is 308. The van der Waals surface area contributed by atoms with E-state index in [2.05, 4.69) is 6.92 Å². The molecule has 0 aromatic heterocycles. The predicted molar refractivity (Wildman–Crippen MR) is 66.9 cm³/mol. The van der Waals surface area contributed by atoms with Crippen molar-refractivity contribution >= 4 is 21.8 Å². The highest BCUT2D eigenvalue weighted by atomic mass is 35.5. The molecule has 0 spiro atoms. The van der Waals surface area contributed by atoms with Crippen LogP contribution in [0.5, 0.6) is 0 Å². The molecule has 1 unspecified atom stereocenters. The van der Waals surface area contributed by atoms with Crippen LogP contribution >= 0.6 is 11.6 Å². The Kier molecular flexibility index (Phi) is 5.50. The van der Waals surface area contributed by atoms with Crippen molar-refractivity contribution in [1.82, 2.24) is 8.61 Å². The molecule has 6 heteroatoms. The smallest absolute Gasteiger partial charge is 0.195 e. The zero-order valence-electron chi connectivity index (χ0n) is 10.0. The summed E-state index contributed by atoms with van der Waals surface area (Å²) in [4.78, 5) is 0. The number of alkyl halides is 1. The number of nitrogens with zero attached hydrogens (tertiary/aromatic N) is 2. The van der Waals surface area contributed by atoms with E-state index in [-0.39, 0.29) is 0 Å². The van der Waals surface area contributed by atoms with Crippen molar-refractivity contribution in [3.63, 3.8) is 0 Å². The molecule has 1 fully saturated rings. The van der Waals surface area contributed by atoms with E-state index in [1.807, 2.05) is 6.92 Å². The highest BCUT2D eigenvalue weighted by molar-refractivity contribution is 7.86. The average molecular weight is 269 g/mol. The van der Waals surface area contributed by atoms with Crippen LogP contribution < -0.4 is 0 Å². The Morgan fingerprint density at radius 3 is 2.69 bits per heavy atom. The summed E-state index contributed by atoms with van der Waals surface area (Å²) in [5.74, 6) is 0.800. The third-order valence-corrected chi connectivity index (χ3v) is 5.21. The van der Waals surface area contributed by atoms with E-state index in [0.717, 1.165) is 12.8 Å². The third kappa shape index (κ3) is 3.32. The van der Waals surface area contributed by atoms with E-state index in [0.29, 0.717) is 38.0 Å². The fraction of sp³-hybridized carbons (Fsp3) is 1.00. The van der Waals surface area contributed by atoms with E-state index in [1.54, 1.807) is 4.31 Å². The summed E-state index contributed by atoms with van der Waals surface area (Å²) in [5, 5.41) is 0. The molecule has 0 radical (unpaired) electrons. The van der Waals surface area contributed by atoms with Crippen LogP contribution in [0.1, 0.15) is 26.7 Å². The van der Waals surface area contributed by atoms with Gasteiger partial charge in [0.05, 0.1) is 0 Å². The van der Waals surface area contributed by atoms with Gasteiger partial charge in [0.15, 0.2) is 0 Å². The molecule has 0 saturated carbocycles. The molecular formula is C10H21ClN2O2S. The minimum absolute atomic E-state index is 0.344. The first-order chi connectivity index (χ1) is 7.52. The maximum absolute atomic E-state index is 12.2. The largest absolute Gasteiger partial charge is 0.282 e. The summed E-state index contributed by atoms with van der Waals surface area (Å²) >= 11 is 5.62. The molecule has 0 amide bonds. The van der Waals surface area contributed by atoms with E-state index in [1.165, 1.54) is 4.31 Å². The summed E-state index contributed by atoms with van der Waals surface area (Å²) in [6, 6.07) is 0. The zero-order chi connectivity index (χ0) is 12.2. The van der Waals surface area contributed by atoms with Gasteiger partial charge in [-0.1, -0.05) is 13.8 Å². The summed E-state index contributed by atoms with van der Waals surface area (Å²) < 4.78 is 27.5. The number of hydrogen-bond donors (Lipinski definition) is 0. The van der Waals surface area contributed by atoms with E-state index in [4.69, 9.17) is 11.6 Å². The Labute approximate surface area is 104 Å². The lowest BCUT2D eigenvalue weighted by atomic mass is 10.0. The lowest BCUT2D eigenvalue weighted by Gasteiger charge is -2.33. The Morgan fingerprint density at radius 1 is 1.50 bits per heavy atom. The molecule has 0 aromatic rings. The molecule has 4 nitrogen and oxygen atoms in total. The maximum atomic E-state index is 12.2. The van der Waals surface area contributed by atoms with Gasteiger partial charge in [-0.3, -0.25) is 0 Å². The second-order valence-electron chi connectivity index (χ2n) is 4.29. The molecule has 1 rings (SSSR count). The van der Waals surface area contributed by atoms with Crippen LogP contribution in [-0.2, 0) is 10.2 Å². The summed E-state index contributed by atoms with van der Waals surface area (Å²) in [6.45, 7) is 6.11. The minimum atomic E-state index is -3.29. The Morgan fingerprint density at radius 2 is 2.19 bits per heavy atom. The van der Waals surface area contributed by atoms with Crippen molar-refractivity contribution in [1.29, 1.82) is 0 Å². The van der Waals surface area contributed by atoms with Crippen LogP contribution in [-0.4, -0.2) is 49.1 Å². The van der Waals surface area contributed by atoms with Gasteiger partial charge in [-0.15, -0.1) is 11.6 Å². The monoisotopic (exact) mass is 268 g/mol. The van der Waals surface area contributed by atoms with Gasteiger partial charge in [0.25, 0.3) is 10.2 Å². The van der Waals surface area contributed by atoms with E-state index in [9.17, 15) is 8.42 Å². The molecule has 0 N–H and O–H groups in total. The third-order valence-electron chi connectivity index (χ3n) is 2.96. The van der Waals surface area contributed by atoms with Gasteiger partial charge in [0.2, 0.25) is 0 Å². The van der Waals surface area contributed by atoms with Crippen LogP contribution in [0, 0.1) is 5.92 Å². The number of halogens is 1. The van der Waals surface area contributed by atoms with E-state index < -0.39 is 10.2 Å². The quantitative estimate of drug-likeness (QED) is 0.710. The van der Waals surface area contributed by atoms with Gasteiger partial charge in [-0.25, -0.2) is 0 Å². The number of hydrogen-bond acceptors (Lipinski definition) is 2. The van der Waals surface area contributed by atoms with Crippen molar-refractivity contribution in [3.8, 4) is 0 Å². The van der Waals surface area contributed by atoms with Crippen molar-refractivity contribution in [2.24, 2.45) is 5.92 Å². The van der Waals surface area contributed by atoms with Crippen LogP contribution in [0.4, 0.5) is 0 Å². The first kappa shape index (κ1) is 14.2. The zero-order valence-corrected chi connectivity index (χ0v) is 11.6. The normalized spacial score (nSPS) is 23.9. The summed E-state index contributed by atoms with van der Waals surface area (Å²) in [7, 11) is -3.29. The highest BCUT2D eigenvalue weighted by Gasteiger charge is 2.31. The van der Waals surface area contributed by atoms with E-state index >= 15 is 0 Å². The molecule has 1 saturated heterocycles. The SMILES string of the molecule is CCN(CCCl)S(=O)(=O)N1CCCC(C)C1. The average Bonchev–Trinajstić information content (AvgIpc) is 2.25. The van der Waals surface area contributed by atoms with Crippen LogP contribution in [0.25, 0.3) is 0 Å². The molecule has 0 aromatic carbocycles. The Hall–Kier alpha value is 0.160. The predicted octanol–water partition coefficient (Wildman–Crippen LogP) is 1.52.